The van der Waals surface area contributed by atoms with Crippen molar-refractivity contribution in [3.63, 3.8) is 0 Å². The second kappa shape index (κ2) is 10.4. The SMILES string of the molecule is CC1CN(C(=O)c2ccccc2)CC2(CCN(CCc3ncccc3C(F)(F)F)CC2)O1.Cl. The normalized spacial score (nSPS) is 21.0. The maximum Gasteiger partial charge on any atom is 0.418 e. The molecular formula is C24H29ClF3N3O2. The molecule has 2 aromatic rings. The van der Waals surface area contributed by atoms with Crippen LogP contribution in [0, 0.1) is 0 Å². The molecule has 5 nitrogen and oxygen atoms in total. The molecule has 2 fully saturated rings. The summed E-state index contributed by atoms with van der Waals surface area (Å²) in [7, 11) is 0. The maximum atomic E-state index is 13.2. The fourth-order valence-electron chi connectivity index (χ4n) is 4.76. The Bertz CT molecular complexity index is 934. The number of halogens is 4. The summed E-state index contributed by atoms with van der Waals surface area (Å²) in [6, 6.07) is 11.7. The fraction of sp³-hybridized carbons (Fsp3) is 0.500. The van der Waals surface area contributed by atoms with E-state index in [-0.39, 0.29) is 36.5 Å². The fourth-order valence-corrected chi connectivity index (χ4v) is 4.76. The van der Waals surface area contributed by atoms with Crippen LogP contribution in [0.2, 0.25) is 0 Å². The van der Waals surface area contributed by atoms with E-state index in [0.29, 0.717) is 38.3 Å². The Balaban J connectivity index is 0.00000306. The lowest BCUT2D eigenvalue weighted by Gasteiger charge is -2.49. The highest BCUT2D eigenvalue weighted by Crippen LogP contribution is 2.34. The quantitative estimate of drug-likeness (QED) is 0.644. The van der Waals surface area contributed by atoms with Crippen LogP contribution >= 0.6 is 12.4 Å². The van der Waals surface area contributed by atoms with Crippen molar-refractivity contribution < 1.29 is 22.7 Å². The number of rotatable bonds is 4. The van der Waals surface area contributed by atoms with Gasteiger partial charge in [-0.2, -0.15) is 13.2 Å². The van der Waals surface area contributed by atoms with Gasteiger partial charge in [-0.15, -0.1) is 12.4 Å². The molecule has 1 aromatic carbocycles. The number of carbonyl (C=O) groups excluding carboxylic acids is 1. The van der Waals surface area contributed by atoms with Gasteiger partial charge in [-0.3, -0.25) is 9.78 Å². The Morgan fingerprint density at radius 3 is 2.52 bits per heavy atom. The van der Waals surface area contributed by atoms with Crippen molar-refractivity contribution in [3.8, 4) is 0 Å². The summed E-state index contributed by atoms with van der Waals surface area (Å²) in [5, 5.41) is 0. The monoisotopic (exact) mass is 483 g/mol. The van der Waals surface area contributed by atoms with E-state index in [0.717, 1.165) is 18.9 Å². The van der Waals surface area contributed by atoms with Crippen LogP contribution in [0.25, 0.3) is 0 Å². The molecule has 2 aliphatic rings. The van der Waals surface area contributed by atoms with Gasteiger partial charge in [0, 0.05) is 44.4 Å². The zero-order valence-electron chi connectivity index (χ0n) is 18.6. The van der Waals surface area contributed by atoms with Crippen molar-refractivity contribution in [1.29, 1.82) is 0 Å². The van der Waals surface area contributed by atoms with Gasteiger partial charge < -0.3 is 14.5 Å². The van der Waals surface area contributed by atoms with E-state index < -0.39 is 17.3 Å². The minimum Gasteiger partial charge on any atom is -0.368 e. The first kappa shape index (κ1) is 25.5. The third-order valence-electron chi connectivity index (χ3n) is 6.34. The first-order valence-electron chi connectivity index (χ1n) is 11.0. The highest BCUT2D eigenvalue weighted by molar-refractivity contribution is 5.94. The number of hydrogen-bond acceptors (Lipinski definition) is 4. The van der Waals surface area contributed by atoms with Gasteiger partial charge in [0.1, 0.15) is 0 Å². The van der Waals surface area contributed by atoms with Gasteiger partial charge in [0.15, 0.2) is 0 Å². The molecule has 1 aromatic heterocycles. The number of benzene rings is 1. The molecule has 180 valence electrons. The first-order valence-corrected chi connectivity index (χ1v) is 11.0. The van der Waals surface area contributed by atoms with Crippen LogP contribution in [0.5, 0.6) is 0 Å². The third-order valence-corrected chi connectivity index (χ3v) is 6.34. The smallest absolute Gasteiger partial charge is 0.368 e. The molecule has 0 saturated carbocycles. The largest absolute Gasteiger partial charge is 0.418 e. The molecule has 4 rings (SSSR count). The number of alkyl halides is 3. The van der Waals surface area contributed by atoms with Gasteiger partial charge in [-0.05, 0) is 44.0 Å². The second-order valence-electron chi connectivity index (χ2n) is 8.75. The maximum absolute atomic E-state index is 13.2. The third kappa shape index (κ3) is 6.05. The van der Waals surface area contributed by atoms with Crippen molar-refractivity contribution in [2.24, 2.45) is 0 Å². The van der Waals surface area contributed by atoms with Crippen LogP contribution in [0.1, 0.15) is 41.4 Å². The summed E-state index contributed by atoms with van der Waals surface area (Å²) in [4.78, 5) is 21.0. The van der Waals surface area contributed by atoms with Crippen molar-refractivity contribution >= 4 is 18.3 Å². The number of likely N-dealkylation sites (tertiary alicyclic amines) is 1. The molecule has 1 amide bonds. The summed E-state index contributed by atoms with van der Waals surface area (Å²) < 4.78 is 46.0. The van der Waals surface area contributed by atoms with E-state index in [1.807, 2.05) is 42.2 Å². The predicted octanol–water partition coefficient (Wildman–Crippen LogP) is 4.46. The molecular weight excluding hydrogens is 455 g/mol. The van der Waals surface area contributed by atoms with Crippen LogP contribution in [-0.2, 0) is 17.3 Å². The minimum absolute atomic E-state index is 0. The average molecular weight is 484 g/mol. The second-order valence-corrected chi connectivity index (χ2v) is 8.75. The minimum atomic E-state index is -4.39. The lowest BCUT2D eigenvalue weighted by Crippen LogP contribution is -2.60. The summed E-state index contributed by atoms with van der Waals surface area (Å²) in [5.41, 5.74) is -0.304. The van der Waals surface area contributed by atoms with Crippen LogP contribution in [0.15, 0.2) is 48.7 Å². The summed E-state index contributed by atoms with van der Waals surface area (Å²) in [6.45, 7) is 5.02. The molecule has 1 atom stereocenters. The summed E-state index contributed by atoms with van der Waals surface area (Å²) in [5.74, 6) is 0.0115. The Morgan fingerprint density at radius 2 is 1.85 bits per heavy atom. The van der Waals surface area contributed by atoms with Crippen molar-refractivity contribution in [2.75, 3.05) is 32.7 Å². The van der Waals surface area contributed by atoms with E-state index >= 15 is 0 Å². The first-order chi connectivity index (χ1) is 15.3. The van der Waals surface area contributed by atoms with Crippen LogP contribution in [-0.4, -0.2) is 65.1 Å². The highest BCUT2D eigenvalue weighted by Gasteiger charge is 2.43. The Labute approximate surface area is 198 Å². The molecule has 9 heteroatoms. The van der Waals surface area contributed by atoms with Gasteiger partial charge >= 0.3 is 6.18 Å². The van der Waals surface area contributed by atoms with E-state index in [9.17, 15) is 18.0 Å². The average Bonchev–Trinajstić information content (AvgIpc) is 2.78. The molecule has 2 saturated heterocycles. The van der Waals surface area contributed by atoms with E-state index in [1.165, 1.54) is 12.3 Å². The molecule has 0 aliphatic carbocycles. The van der Waals surface area contributed by atoms with E-state index in [2.05, 4.69) is 9.88 Å². The Hall–Kier alpha value is -2.16. The molecule has 0 bridgehead atoms. The zero-order valence-corrected chi connectivity index (χ0v) is 19.4. The van der Waals surface area contributed by atoms with Gasteiger partial charge in [0.05, 0.1) is 29.5 Å². The van der Waals surface area contributed by atoms with Gasteiger partial charge in [0.25, 0.3) is 5.91 Å². The van der Waals surface area contributed by atoms with Gasteiger partial charge in [0.2, 0.25) is 0 Å². The molecule has 33 heavy (non-hydrogen) atoms. The predicted molar refractivity (Wildman–Crippen MR) is 121 cm³/mol. The Morgan fingerprint density at radius 1 is 1.15 bits per heavy atom. The summed E-state index contributed by atoms with van der Waals surface area (Å²) >= 11 is 0. The molecule has 1 unspecified atom stereocenters. The van der Waals surface area contributed by atoms with Gasteiger partial charge in [-0.25, -0.2) is 0 Å². The van der Waals surface area contributed by atoms with Crippen molar-refractivity contribution in [1.82, 2.24) is 14.8 Å². The number of carbonyl (C=O) groups is 1. The molecule has 0 radical (unpaired) electrons. The number of amides is 1. The molecule has 2 aliphatic heterocycles. The number of aromatic nitrogens is 1. The lowest BCUT2D eigenvalue weighted by molar-refractivity contribution is -0.161. The number of pyridine rings is 1. The number of ether oxygens (including phenoxy) is 1. The Kier molecular flexibility index (Phi) is 8.03. The zero-order chi connectivity index (χ0) is 22.8. The molecule has 0 N–H and O–H groups in total. The highest BCUT2D eigenvalue weighted by atomic mass is 35.5. The number of hydrogen-bond donors (Lipinski definition) is 0. The van der Waals surface area contributed by atoms with E-state index in [4.69, 9.17) is 4.74 Å². The number of morpholine rings is 1. The van der Waals surface area contributed by atoms with Crippen LogP contribution in [0.4, 0.5) is 13.2 Å². The van der Waals surface area contributed by atoms with E-state index in [1.54, 1.807) is 0 Å². The van der Waals surface area contributed by atoms with Crippen LogP contribution < -0.4 is 0 Å². The number of nitrogens with zero attached hydrogens (tertiary/aromatic N) is 3. The lowest BCUT2D eigenvalue weighted by atomic mass is 9.88. The standard InChI is InChI=1S/C24H28F3N3O2.ClH/c1-18-16-30(22(31)19-6-3-2-4-7-19)17-23(32-18)10-14-29(15-11-23)13-9-21-20(24(25,26)27)8-5-12-28-21;/h2-8,12,18H,9-11,13-17H2,1H3;1H. The number of piperidine rings is 1. The molecule has 3 heterocycles. The summed E-state index contributed by atoms with van der Waals surface area (Å²) in [6.07, 6.45) is -1.32. The van der Waals surface area contributed by atoms with Crippen molar-refractivity contribution in [2.45, 2.75) is 44.1 Å². The topological polar surface area (TPSA) is 45.7 Å². The van der Waals surface area contributed by atoms with Crippen molar-refractivity contribution in [3.05, 3.63) is 65.5 Å². The van der Waals surface area contributed by atoms with Gasteiger partial charge in [-0.1, -0.05) is 18.2 Å². The molecule has 1 spiro atoms. The van der Waals surface area contributed by atoms with Crippen LogP contribution in [0.3, 0.4) is 0 Å².